The maximum atomic E-state index is 14.0. The number of hydrogen-bond donors (Lipinski definition) is 2. The molecule has 4 aromatic rings. The van der Waals surface area contributed by atoms with E-state index < -0.39 is 0 Å². The van der Waals surface area contributed by atoms with Crippen molar-refractivity contribution < 1.29 is 0 Å². The first-order valence-electron chi connectivity index (χ1n) is 12.9. The minimum atomic E-state index is -0.0973. The van der Waals surface area contributed by atoms with Crippen LogP contribution in [0.3, 0.4) is 0 Å². The summed E-state index contributed by atoms with van der Waals surface area (Å²) in [5.74, 6) is 0.889. The highest BCUT2D eigenvalue weighted by atomic mass is 35.5. The van der Waals surface area contributed by atoms with E-state index >= 15 is 0 Å². The summed E-state index contributed by atoms with van der Waals surface area (Å²) < 4.78 is 1.81. The van der Waals surface area contributed by atoms with E-state index in [4.69, 9.17) is 22.3 Å². The Kier molecular flexibility index (Phi) is 7.26. The van der Waals surface area contributed by atoms with Crippen LogP contribution in [0.15, 0.2) is 53.5 Å². The lowest BCUT2D eigenvalue weighted by atomic mass is 9.86. The fraction of sp³-hybridized carbons (Fsp3) is 0.379. The van der Waals surface area contributed by atoms with Crippen LogP contribution < -0.4 is 16.6 Å². The highest BCUT2D eigenvalue weighted by Crippen LogP contribution is 2.32. The largest absolute Gasteiger partial charge is 0.352 e. The zero-order chi connectivity index (χ0) is 26.1. The van der Waals surface area contributed by atoms with Gasteiger partial charge in [0.15, 0.2) is 0 Å². The first kappa shape index (κ1) is 25.4. The second-order valence-electron chi connectivity index (χ2n) is 10.4. The van der Waals surface area contributed by atoms with Gasteiger partial charge in [-0.3, -0.25) is 14.3 Å². The van der Waals surface area contributed by atoms with Gasteiger partial charge in [-0.05, 0) is 76.6 Å². The first-order chi connectivity index (χ1) is 17.8. The number of nitrogens with one attached hydrogen (secondary N) is 1. The molecule has 1 aromatic carbocycles. The molecule has 5 rings (SSSR count). The van der Waals surface area contributed by atoms with Crippen molar-refractivity contribution in [3.05, 3.63) is 69.7 Å². The van der Waals surface area contributed by atoms with E-state index in [0.29, 0.717) is 40.2 Å². The molecule has 192 valence electrons. The SMILES string of the molecule is Cc1cccc(-c2ccc(-c3cc4cnc(NC(C)C)nc4n(C[C@H]4CC[C@H](N)CC4)c3=O)c(Cl)c2)n1. The Morgan fingerprint density at radius 2 is 1.86 bits per heavy atom. The summed E-state index contributed by atoms with van der Waals surface area (Å²) in [4.78, 5) is 27.8. The second kappa shape index (κ2) is 10.6. The summed E-state index contributed by atoms with van der Waals surface area (Å²) in [6.07, 6.45) is 5.74. The minimum absolute atomic E-state index is 0.0973. The molecular weight excluding hydrogens is 484 g/mol. The molecule has 3 heterocycles. The molecule has 0 saturated heterocycles. The van der Waals surface area contributed by atoms with Gasteiger partial charge in [0.05, 0.1) is 5.69 Å². The number of hydrogen-bond acceptors (Lipinski definition) is 6. The third-order valence-electron chi connectivity index (χ3n) is 7.02. The normalized spacial score (nSPS) is 17.9. The molecule has 1 aliphatic carbocycles. The van der Waals surface area contributed by atoms with Crippen molar-refractivity contribution in [1.82, 2.24) is 19.5 Å². The summed E-state index contributed by atoms with van der Waals surface area (Å²) in [6.45, 7) is 6.62. The Morgan fingerprint density at radius 3 is 2.57 bits per heavy atom. The van der Waals surface area contributed by atoms with Crippen molar-refractivity contribution in [2.75, 3.05) is 5.32 Å². The van der Waals surface area contributed by atoms with Crippen LogP contribution in [0.5, 0.6) is 0 Å². The molecule has 0 spiro atoms. The zero-order valence-corrected chi connectivity index (χ0v) is 22.3. The summed E-state index contributed by atoms with van der Waals surface area (Å²) in [5, 5.41) is 4.56. The van der Waals surface area contributed by atoms with E-state index in [0.717, 1.165) is 48.0 Å². The molecule has 0 aliphatic heterocycles. The third kappa shape index (κ3) is 5.53. The molecule has 0 atom stereocenters. The van der Waals surface area contributed by atoms with Crippen LogP contribution in [0.4, 0.5) is 5.95 Å². The number of anilines is 1. The Balaban J connectivity index is 1.61. The Labute approximate surface area is 222 Å². The fourth-order valence-electron chi connectivity index (χ4n) is 5.07. The van der Waals surface area contributed by atoms with Crippen molar-refractivity contribution >= 4 is 28.6 Å². The number of nitrogens with two attached hydrogens (primary N) is 1. The van der Waals surface area contributed by atoms with Crippen LogP contribution in [0.1, 0.15) is 45.2 Å². The number of halogens is 1. The molecule has 3 N–H and O–H groups in total. The average molecular weight is 517 g/mol. The van der Waals surface area contributed by atoms with E-state index in [1.165, 1.54) is 0 Å². The molecule has 3 aromatic heterocycles. The monoisotopic (exact) mass is 516 g/mol. The van der Waals surface area contributed by atoms with Gasteiger partial charge in [0.2, 0.25) is 5.95 Å². The van der Waals surface area contributed by atoms with Crippen molar-refractivity contribution in [2.24, 2.45) is 11.7 Å². The number of pyridine rings is 2. The molecule has 0 bridgehead atoms. The lowest BCUT2D eigenvalue weighted by Crippen LogP contribution is -2.32. The lowest BCUT2D eigenvalue weighted by Gasteiger charge is -2.27. The number of rotatable bonds is 6. The molecule has 1 saturated carbocycles. The highest BCUT2D eigenvalue weighted by Gasteiger charge is 2.22. The Hall–Kier alpha value is -3.29. The second-order valence-corrected chi connectivity index (χ2v) is 10.8. The van der Waals surface area contributed by atoms with Gasteiger partial charge < -0.3 is 11.1 Å². The van der Waals surface area contributed by atoms with Crippen LogP contribution >= 0.6 is 11.6 Å². The summed E-state index contributed by atoms with van der Waals surface area (Å²) in [6, 6.07) is 13.9. The molecular formula is C29H33ClN6O. The number of nitrogens with zero attached hydrogens (tertiary/aromatic N) is 4. The molecule has 8 heteroatoms. The van der Waals surface area contributed by atoms with Crippen LogP contribution in [0.2, 0.25) is 5.02 Å². The van der Waals surface area contributed by atoms with Crippen LogP contribution in [0, 0.1) is 12.8 Å². The van der Waals surface area contributed by atoms with Gasteiger partial charge in [-0.2, -0.15) is 4.98 Å². The molecule has 1 fully saturated rings. The first-order valence-corrected chi connectivity index (χ1v) is 13.3. The Morgan fingerprint density at radius 1 is 1.08 bits per heavy atom. The van der Waals surface area contributed by atoms with Gasteiger partial charge in [-0.25, -0.2) is 4.98 Å². The smallest absolute Gasteiger partial charge is 0.260 e. The molecule has 0 unspecified atom stereocenters. The molecule has 0 radical (unpaired) electrons. The standard InChI is InChI=1S/C29H33ClN6O/c1-17(2)33-29-32-15-21-13-24(23-12-9-20(14-25(23)30)26-6-4-5-18(3)34-26)28(37)36(27(21)35-29)16-19-7-10-22(31)11-8-19/h4-6,9,12-15,17,19,22H,7-8,10-11,16,31H2,1-3H3,(H,32,33,35)/t19-,22-. The summed E-state index contributed by atoms with van der Waals surface area (Å²) in [5.41, 5.74) is 10.6. The fourth-order valence-corrected chi connectivity index (χ4v) is 5.36. The maximum absolute atomic E-state index is 14.0. The van der Waals surface area contributed by atoms with E-state index in [-0.39, 0.29) is 17.6 Å². The number of aromatic nitrogens is 4. The number of benzene rings is 1. The molecule has 7 nitrogen and oxygen atoms in total. The maximum Gasteiger partial charge on any atom is 0.260 e. The van der Waals surface area contributed by atoms with E-state index in [2.05, 4.69) is 15.3 Å². The quantitative estimate of drug-likeness (QED) is 0.335. The average Bonchev–Trinajstić information content (AvgIpc) is 2.87. The van der Waals surface area contributed by atoms with Crippen molar-refractivity contribution in [1.29, 1.82) is 0 Å². The van der Waals surface area contributed by atoms with E-state index in [1.54, 1.807) is 6.20 Å². The van der Waals surface area contributed by atoms with Crippen LogP contribution in [-0.4, -0.2) is 31.6 Å². The van der Waals surface area contributed by atoms with Crippen LogP contribution in [-0.2, 0) is 6.54 Å². The lowest BCUT2D eigenvalue weighted by molar-refractivity contribution is 0.295. The molecule has 37 heavy (non-hydrogen) atoms. The van der Waals surface area contributed by atoms with Gasteiger partial charge >= 0.3 is 0 Å². The van der Waals surface area contributed by atoms with E-state index in [1.807, 2.05) is 67.8 Å². The van der Waals surface area contributed by atoms with Gasteiger partial charge in [0.25, 0.3) is 5.56 Å². The minimum Gasteiger partial charge on any atom is -0.352 e. The molecule has 0 amide bonds. The van der Waals surface area contributed by atoms with Crippen LogP contribution in [0.25, 0.3) is 33.4 Å². The van der Waals surface area contributed by atoms with Crippen molar-refractivity contribution in [3.8, 4) is 22.4 Å². The number of fused-ring (bicyclic) bond motifs is 1. The van der Waals surface area contributed by atoms with Crippen molar-refractivity contribution in [2.45, 2.75) is 65.1 Å². The third-order valence-corrected chi connectivity index (χ3v) is 7.33. The number of aryl methyl sites for hydroxylation is 1. The van der Waals surface area contributed by atoms with Gasteiger partial charge in [-0.15, -0.1) is 0 Å². The van der Waals surface area contributed by atoms with Crippen molar-refractivity contribution in [3.63, 3.8) is 0 Å². The topological polar surface area (TPSA) is 98.7 Å². The molecule has 1 aliphatic rings. The summed E-state index contributed by atoms with van der Waals surface area (Å²) >= 11 is 6.79. The Bertz CT molecular complexity index is 1490. The van der Waals surface area contributed by atoms with Gasteiger partial charge in [0.1, 0.15) is 5.65 Å². The summed E-state index contributed by atoms with van der Waals surface area (Å²) in [7, 11) is 0. The van der Waals surface area contributed by atoms with Gasteiger partial charge in [0, 0.05) is 57.6 Å². The predicted octanol–water partition coefficient (Wildman–Crippen LogP) is 5.82. The van der Waals surface area contributed by atoms with Gasteiger partial charge in [-0.1, -0.05) is 29.8 Å². The van der Waals surface area contributed by atoms with E-state index in [9.17, 15) is 4.79 Å². The highest BCUT2D eigenvalue weighted by molar-refractivity contribution is 6.33. The predicted molar refractivity (Wildman–Crippen MR) is 151 cm³/mol. The zero-order valence-electron chi connectivity index (χ0n) is 21.5.